The molecule has 0 bridgehead atoms. The molecule has 2 amide bonds. The molecule has 30 heavy (non-hydrogen) atoms. The fraction of sp³-hybridized carbons (Fsp3) is 0.391. The Bertz CT molecular complexity index is 965. The van der Waals surface area contributed by atoms with Crippen molar-refractivity contribution < 1.29 is 23.8 Å². The molecule has 4 rings (SSSR count). The van der Waals surface area contributed by atoms with Gasteiger partial charge in [0.25, 0.3) is 11.8 Å². The zero-order chi connectivity index (χ0) is 21.4. The van der Waals surface area contributed by atoms with E-state index in [1.165, 1.54) is 6.07 Å². The SMILES string of the molecule is CN(C(=O)c1cc(C(N)=O)c2c(c1)[C@@H](c1ccccc1)[C@H](CF)O2)[C@@H]1C[C@H]1CCO. The van der Waals surface area contributed by atoms with Crippen LogP contribution in [0.3, 0.4) is 0 Å². The monoisotopic (exact) mass is 412 g/mol. The molecular weight excluding hydrogens is 387 g/mol. The largest absolute Gasteiger partial charge is 0.486 e. The minimum atomic E-state index is -0.791. The Morgan fingerprint density at radius 2 is 2.00 bits per heavy atom. The fourth-order valence-electron chi connectivity index (χ4n) is 4.45. The van der Waals surface area contributed by atoms with Crippen molar-refractivity contribution in [3.63, 3.8) is 0 Å². The molecule has 1 aliphatic heterocycles. The van der Waals surface area contributed by atoms with Crippen molar-refractivity contribution in [1.82, 2.24) is 4.90 Å². The number of rotatable bonds is 7. The fourth-order valence-corrected chi connectivity index (χ4v) is 4.45. The molecule has 1 aliphatic carbocycles. The molecule has 1 fully saturated rings. The zero-order valence-corrected chi connectivity index (χ0v) is 16.8. The van der Waals surface area contributed by atoms with E-state index in [1.807, 2.05) is 30.3 Å². The second kappa shape index (κ2) is 8.07. The number of aliphatic hydroxyl groups excluding tert-OH is 1. The maximum Gasteiger partial charge on any atom is 0.253 e. The minimum Gasteiger partial charge on any atom is -0.486 e. The lowest BCUT2D eigenvalue weighted by Gasteiger charge is -2.19. The van der Waals surface area contributed by atoms with Crippen LogP contribution in [0, 0.1) is 5.92 Å². The van der Waals surface area contributed by atoms with Crippen LogP contribution in [-0.4, -0.2) is 54.3 Å². The minimum absolute atomic E-state index is 0.0645. The Labute approximate surface area is 174 Å². The van der Waals surface area contributed by atoms with Gasteiger partial charge in [-0.3, -0.25) is 9.59 Å². The average Bonchev–Trinajstić information content (AvgIpc) is 3.42. The molecule has 6 nitrogen and oxygen atoms in total. The van der Waals surface area contributed by atoms with Crippen molar-refractivity contribution in [2.24, 2.45) is 11.7 Å². The van der Waals surface area contributed by atoms with Crippen LogP contribution in [0.25, 0.3) is 0 Å². The summed E-state index contributed by atoms with van der Waals surface area (Å²) in [6.07, 6.45) is 0.706. The van der Waals surface area contributed by atoms with Gasteiger partial charge in [0.2, 0.25) is 0 Å². The molecule has 0 aromatic heterocycles. The summed E-state index contributed by atoms with van der Waals surface area (Å²) in [5, 5.41) is 9.12. The van der Waals surface area contributed by atoms with Crippen LogP contribution in [0.4, 0.5) is 4.39 Å². The Morgan fingerprint density at radius 3 is 2.63 bits per heavy atom. The van der Waals surface area contributed by atoms with Crippen molar-refractivity contribution >= 4 is 11.8 Å². The first-order valence-corrected chi connectivity index (χ1v) is 10.1. The summed E-state index contributed by atoms with van der Waals surface area (Å²) in [5.41, 5.74) is 7.42. The predicted octanol–water partition coefficient (Wildman–Crippen LogP) is 2.49. The van der Waals surface area contributed by atoms with Crippen molar-refractivity contribution in [2.75, 3.05) is 20.3 Å². The topological polar surface area (TPSA) is 92.9 Å². The van der Waals surface area contributed by atoms with Crippen LogP contribution in [-0.2, 0) is 0 Å². The summed E-state index contributed by atoms with van der Waals surface area (Å²) < 4.78 is 19.6. The van der Waals surface area contributed by atoms with Crippen LogP contribution in [0.15, 0.2) is 42.5 Å². The summed E-state index contributed by atoms with van der Waals surface area (Å²) in [5.74, 6) is -0.862. The number of amides is 2. The molecule has 1 saturated carbocycles. The third kappa shape index (κ3) is 3.54. The summed E-state index contributed by atoms with van der Waals surface area (Å²) in [7, 11) is 1.72. The quantitative estimate of drug-likeness (QED) is 0.731. The number of ether oxygens (including phenoxy) is 1. The second-order valence-electron chi connectivity index (χ2n) is 8.00. The molecule has 158 valence electrons. The normalized spacial score (nSPS) is 24.1. The highest BCUT2D eigenvalue weighted by Gasteiger charge is 2.43. The van der Waals surface area contributed by atoms with Crippen molar-refractivity contribution in [3.8, 4) is 5.75 Å². The van der Waals surface area contributed by atoms with Crippen LogP contribution in [0.1, 0.15) is 50.6 Å². The lowest BCUT2D eigenvalue weighted by Crippen LogP contribution is -2.30. The molecule has 7 heteroatoms. The number of carbonyl (C=O) groups excluding carboxylic acids is 2. The molecule has 3 N–H and O–H groups in total. The first-order valence-electron chi connectivity index (χ1n) is 10.1. The lowest BCUT2D eigenvalue weighted by atomic mass is 9.86. The molecule has 2 aromatic rings. The first-order chi connectivity index (χ1) is 14.5. The van der Waals surface area contributed by atoms with E-state index in [0.29, 0.717) is 17.5 Å². The highest BCUT2D eigenvalue weighted by Crippen LogP contribution is 2.45. The number of halogens is 1. The van der Waals surface area contributed by atoms with Crippen LogP contribution < -0.4 is 10.5 Å². The van der Waals surface area contributed by atoms with E-state index >= 15 is 0 Å². The second-order valence-corrected chi connectivity index (χ2v) is 8.00. The van der Waals surface area contributed by atoms with Gasteiger partial charge in [-0.15, -0.1) is 0 Å². The number of aliphatic hydroxyl groups is 1. The molecule has 0 spiro atoms. The highest BCUT2D eigenvalue weighted by molar-refractivity contribution is 6.02. The summed E-state index contributed by atoms with van der Waals surface area (Å²) >= 11 is 0. The number of primary amides is 1. The van der Waals surface area contributed by atoms with Gasteiger partial charge >= 0.3 is 0 Å². The predicted molar refractivity (Wildman–Crippen MR) is 109 cm³/mol. The van der Waals surface area contributed by atoms with Gasteiger partial charge in [-0.1, -0.05) is 30.3 Å². The Balaban J connectivity index is 1.74. The van der Waals surface area contributed by atoms with Crippen LogP contribution >= 0.6 is 0 Å². The molecular formula is C23H25FN2O4. The van der Waals surface area contributed by atoms with E-state index in [0.717, 1.165) is 12.0 Å². The molecule has 0 saturated heterocycles. The van der Waals surface area contributed by atoms with Gasteiger partial charge in [0.15, 0.2) is 0 Å². The number of benzene rings is 2. The number of nitrogens with zero attached hydrogens (tertiary/aromatic N) is 1. The third-order valence-electron chi connectivity index (χ3n) is 6.12. The average molecular weight is 412 g/mol. The van der Waals surface area contributed by atoms with E-state index < -0.39 is 24.6 Å². The standard InChI is InChI=1S/C23H25FN2O4/c1-26(18-11-14(18)7-8-27)23(29)15-9-16-20(13-5-3-2-4-6-13)19(12-24)30-21(16)17(10-15)22(25)28/h2-6,9-10,14,18-20,27H,7-8,11-12H2,1H3,(H2,25,28)/t14-,18-,19+,20-/m1/s1. The van der Waals surface area contributed by atoms with Gasteiger partial charge in [-0.25, -0.2) is 4.39 Å². The highest BCUT2D eigenvalue weighted by atomic mass is 19.1. The molecule has 2 aromatic carbocycles. The van der Waals surface area contributed by atoms with E-state index in [2.05, 4.69) is 0 Å². The first kappa shape index (κ1) is 20.3. The van der Waals surface area contributed by atoms with Crippen LogP contribution in [0.5, 0.6) is 5.75 Å². The summed E-state index contributed by atoms with van der Waals surface area (Å²) in [6, 6.07) is 12.5. The van der Waals surface area contributed by atoms with Crippen molar-refractivity contribution in [1.29, 1.82) is 0 Å². The number of fused-ring (bicyclic) bond motifs is 1. The number of carbonyl (C=O) groups is 2. The van der Waals surface area contributed by atoms with Gasteiger partial charge in [0.1, 0.15) is 18.5 Å². The summed E-state index contributed by atoms with van der Waals surface area (Å²) in [4.78, 5) is 26.9. The zero-order valence-electron chi connectivity index (χ0n) is 16.8. The smallest absolute Gasteiger partial charge is 0.253 e. The molecule has 4 atom stereocenters. The van der Waals surface area contributed by atoms with E-state index in [4.69, 9.17) is 15.6 Å². The molecule has 1 heterocycles. The maximum absolute atomic E-state index is 13.8. The Kier molecular flexibility index (Phi) is 5.47. The third-order valence-corrected chi connectivity index (χ3v) is 6.12. The van der Waals surface area contributed by atoms with Crippen molar-refractivity contribution in [2.45, 2.75) is 30.9 Å². The van der Waals surface area contributed by atoms with Crippen LogP contribution in [0.2, 0.25) is 0 Å². The van der Waals surface area contributed by atoms with Gasteiger partial charge in [-0.05, 0) is 36.5 Å². The lowest BCUT2D eigenvalue weighted by molar-refractivity contribution is 0.0775. The Hall–Kier alpha value is -2.93. The van der Waals surface area contributed by atoms with E-state index in [-0.39, 0.29) is 35.8 Å². The molecule has 2 aliphatic rings. The Morgan fingerprint density at radius 1 is 1.27 bits per heavy atom. The number of alkyl halides is 1. The molecule has 0 unspecified atom stereocenters. The molecule has 0 radical (unpaired) electrons. The number of hydrogen-bond acceptors (Lipinski definition) is 4. The van der Waals surface area contributed by atoms with Gasteiger partial charge in [0, 0.05) is 30.8 Å². The van der Waals surface area contributed by atoms with E-state index in [1.54, 1.807) is 18.0 Å². The van der Waals surface area contributed by atoms with Gasteiger partial charge < -0.3 is 20.5 Å². The van der Waals surface area contributed by atoms with Gasteiger partial charge in [-0.2, -0.15) is 0 Å². The maximum atomic E-state index is 13.8. The van der Waals surface area contributed by atoms with E-state index in [9.17, 15) is 14.0 Å². The van der Waals surface area contributed by atoms with Gasteiger partial charge in [0.05, 0.1) is 11.5 Å². The van der Waals surface area contributed by atoms with Crippen molar-refractivity contribution in [3.05, 3.63) is 64.7 Å². The number of nitrogens with two attached hydrogens (primary N) is 1. The summed E-state index contributed by atoms with van der Waals surface area (Å²) in [6.45, 7) is -0.644. The number of hydrogen-bond donors (Lipinski definition) is 2.